The van der Waals surface area contributed by atoms with Crippen molar-refractivity contribution in [1.29, 1.82) is 0 Å². The lowest BCUT2D eigenvalue weighted by Gasteiger charge is -2.06. The molecule has 1 aromatic carbocycles. The quantitative estimate of drug-likeness (QED) is 0.180. The van der Waals surface area contributed by atoms with Gasteiger partial charge in [-0.2, -0.15) is 0 Å². The number of hydrogen-bond acceptors (Lipinski definition) is 5. The van der Waals surface area contributed by atoms with Crippen LogP contribution in [0.1, 0.15) is 69.8 Å². The highest BCUT2D eigenvalue weighted by atomic mass is 16.5. The summed E-state index contributed by atoms with van der Waals surface area (Å²) in [6, 6.07) is 7.67. The Bertz CT molecular complexity index is 633. The smallest absolute Gasteiger partial charge is 0.330 e. The molecule has 1 rings (SSSR count). The predicted octanol–water partition coefficient (Wildman–Crippen LogP) is 5.88. The summed E-state index contributed by atoms with van der Waals surface area (Å²) in [4.78, 5) is 22.0. The monoisotopic (exact) mass is 416 g/mol. The molecule has 0 heterocycles. The van der Waals surface area contributed by atoms with Crippen molar-refractivity contribution in [3.05, 3.63) is 48.6 Å². The molecule has 0 atom stereocenters. The highest BCUT2D eigenvalue weighted by Gasteiger charge is 1.98. The topological polar surface area (TPSA) is 61.8 Å². The van der Waals surface area contributed by atoms with E-state index in [-0.39, 0.29) is 11.9 Å². The van der Waals surface area contributed by atoms with E-state index >= 15 is 0 Å². The van der Waals surface area contributed by atoms with E-state index < -0.39 is 0 Å². The number of carbonyl (C=O) groups excluding carboxylic acids is 2. The van der Waals surface area contributed by atoms with Gasteiger partial charge in [-0.25, -0.2) is 9.59 Å². The van der Waals surface area contributed by atoms with Gasteiger partial charge in [-0.15, -0.1) is 0 Å². The zero-order valence-electron chi connectivity index (χ0n) is 18.3. The van der Waals surface area contributed by atoms with E-state index in [0.717, 1.165) is 37.2 Å². The molecule has 0 aliphatic heterocycles. The van der Waals surface area contributed by atoms with E-state index in [2.05, 4.69) is 11.3 Å². The molecule has 0 radical (unpaired) electrons. The van der Waals surface area contributed by atoms with Gasteiger partial charge in [-0.3, -0.25) is 0 Å². The average Bonchev–Trinajstić information content (AvgIpc) is 2.78. The molecule has 0 amide bonds. The van der Waals surface area contributed by atoms with Crippen molar-refractivity contribution >= 4 is 18.0 Å². The van der Waals surface area contributed by atoms with Gasteiger partial charge >= 0.3 is 11.9 Å². The molecule has 0 N–H and O–H groups in total. The van der Waals surface area contributed by atoms with Gasteiger partial charge in [0.15, 0.2) is 0 Å². The van der Waals surface area contributed by atoms with Gasteiger partial charge in [0.2, 0.25) is 0 Å². The molecule has 0 saturated heterocycles. The van der Waals surface area contributed by atoms with Crippen LogP contribution in [0.5, 0.6) is 5.75 Å². The predicted molar refractivity (Wildman–Crippen MR) is 120 cm³/mol. The number of rotatable bonds is 17. The molecule has 30 heavy (non-hydrogen) atoms. The number of esters is 2. The van der Waals surface area contributed by atoms with Crippen LogP contribution in [0, 0.1) is 0 Å². The third-order valence-corrected chi connectivity index (χ3v) is 4.71. The molecule has 5 nitrogen and oxygen atoms in total. The average molecular weight is 417 g/mol. The largest absolute Gasteiger partial charge is 0.494 e. The molecular weight excluding hydrogens is 380 g/mol. The van der Waals surface area contributed by atoms with Crippen LogP contribution in [0.2, 0.25) is 0 Å². The van der Waals surface area contributed by atoms with Crippen molar-refractivity contribution in [2.24, 2.45) is 0 Å². The second-order valence-corrected chi connectivity index (χ2v) is 7.18. The van der Waals surface area contributed by atoms with Gasteiger partial charge < -0.3 is 14.2 Å². The number of methoxy groups -OCH3 is 1. The summed E-state index contributed by atoms with van der Waals surface area (Å²) in [5.74, 6) is 0.159. The molecule has 166 valence electrons. The van der Waals surface area contributed by atoms with E-state index in [1.807, 2.05) is 24.3 Å². The molecule has 0 saturated carbocycles. The summed E-state index contributed by atoms with van der Waals surface area (Å²) < 4.78 is 15.3. The van der Waals surface area contributed by atoms with Gasteiger partial charge in [0, 0.05) is 12.2 Å². The van der Waals surface area contributed by atoms with Crippen LogP contribution >= 0.6 is 0 Å². The van der Waals surface area contributed by atoms with Crippen molar-refractivity contribution < 1.29 is 23.8 Å². The first kappa shape index (κ1) is 25.5. The minimum absolute atomic E-state index is 0.330. The van der Waals surface area contributed by atoms with Crippen molar-refractivity contribution in [3.8, 4) is 5.75 Å². The molecule has 0 aliphatic rings. The van der Waals surface area contributed by atoms with Crippen molar-refractivity contribution in [1.82, 2.24) is 0 Å². The van der Waals surface area contributed by atoms with Crippen LogP contribution in [0.4, 0.5) is 0 Å². The fraction of sp³-hybridized carbons (Fsp3) is 0.520. The first-order valence-corrected chi connectivity index (χ1v) is 10.9. The highest BCUT2D eigenvalue weighted by molar-refractivity contribution is 5.86. The molecule has 5 heteroatoms. The summed E-state index contributed by atoms with van der Waals surface area (Å²) in [5.41, 5.74) is 0.934. The van der Waals surface area contributed by atoms with E-state index in [9.17, 15) is 9.59 Å². The Hall–Kier alpha value is -2.56. The van der Waals surface area contributed by atoms with Crippen LogP contribution in [-0.4, -0.2) is 32.3 Å². The number of benzene rings is 1. The summed E-state index contributed by atoms with van der Waals surface area (Å²) in [6.45, 7) is 4.61. The molecule has 0 bridgehead atoms. The number of carbonyl (C=O) groups is 2. The molecule has 0 fully saturated rings. The summed E-state index contributed by atoms with van der Waals surface area (Å²) in [6.07, 6.45) is 16.2. The Labute approximate surface area is 181 Å². The van der Waals surface area contributed by atoms with Gasteiger partial charge in [0.25, 0.3) is 0 Å². The molecule has 0 spiro atoms. The minimum atomic E-state index is -0.362. The third kappa shape index (κ3) is 13.6. The van der Waals surface area contributed by atoms with E-state index in [1.54, 1.807) is 6.08 Å². The first-order valence-electron chi connectivity index (χ1n) is 10.9. The third-order valence-electron chi connectivity index (χ3n) is 4.71. The maximum atomic E-state index is 11.1. The second-order valence-electron chi connectivity index (χ2n) is 7.18. The van der Waals surface area contributed by atoms with Crippen LogP contribution in [0.15, 0.2) is 43.0 Å². The first-order chi connectivity index (χ1) is 14.7. The second kappa shape index (κ2) is 17.3. The Morgan fingerprint density at radius 2 is 1.33 bits per heavy atom. The van der Waals surface area contributed by atoms with Crippen molar-refractivity contribution in [3.63, 3.8) is 0 Å². The Morgan fingerprint density at radius 1 is 0.800 bits per heavy atom. The molecule has 0 unspecified atom stereocenters. The van der Waals surface area contributed by atoms with Gasteiger partial charge in [0.05, 0.1) is 20.3 Å². The molecule has 0 aliphatic carbocycles. The van der Waals surface area contributed by atoms with Crippen LogP contribution in [-0.2, 0) is 19.1 Å². The molecule has 1 aromatic rings. The Balaban J connectivity index is 1.91. The maximum Gasteiger partial charge on any atom is 0.330 e. The number of hydrogen-bond donors (Lipinski definition) is 0. The lowest BCUT2D eigenvalue weighted by atomic mass is 10.1. The molecule has 0 aromatic heterocycles. The standard InChI is InChI=1S/C25H36O5/c1-3-24(26)30-21-13-11-9-7-5-4-6-8-10-12-20-29-23-17-14-22(15-18-23)16-19-25(27)28-2/h3,14-19H,1,4-13,20-21H2,2H3. The van der Waals surface area contributed by atoms with Gasteiger partial charge in [0.1, 0.15) is 5.75 Å². The van der Waals surface area contributed by atoms with Gasteiger partial charge in [-0.05, 0) is 36.6 Å². The van der Waals surface area contributed by atoms with Crippen molar-refractivity contribution in [2.75, 3.05) is 20.3 Å². The zero-order chi connectivity index (χ0) is 21.9. The fourth-order valence-corrected chi connectivity index (χ4v) is 2.95. The number of ether oxygens (including phenoxy) is 3. The maximum absolute atomic E-state index is 11.1. The van der Waals surface area contributed by atoms with Crippen LogP contribution in [0.3, 0.4) is 0 Å². The zero-order valence-corrected chi connectivity index (χ0v) is 18.3. The number of unbranched alkanes of at least 4 members (excludes halogenated alkanes) is 9. The van der Waals surface area contributed by atoms with Crippen LogP contribution in [0.25, 0.3) is 6.08 Å². The SMILES string of the molecule is C=CC(=O)OCCCCCCCCCCCCOc1ccc(C=CC(=O)OC)cc1. The van der Waals surface area contributed by atoms with Crippen LogP contribution < -0.4 is 4.74 Å². The normalized spacial score (nSPS) is 10.7. The van der Waals surface area contributed by atoms with E-state index in [4.69, 9.17) is 9.47 Å². The summed E-state index contributed by atoms with van der Waals surface area (Å²) in [7, 11) is 1.36. The Kier molecular flexibility index (Phi) is 14.7. The summed E-state index contributed by atoms with van der Waals surface area (Å²) >= 11 is 0. The van der Waals surface area contributed by atoms with E-state index in [1.165, 1.54) is 64.2 Å². The van der Waals surface area contributed by atoms with E-state index in [0.29, 0.717) is 6.61 Å². The fourth-order valence-electron chi connectivity index (χ4n) is 2.95. The Morgan fingerprint density at radius 3 is 1.87 bits per heavy atom. The van der Waals surface area contributed by atoms with Gasteiger partial charge in [-0.1, -0.05) is 70.1 Å². The summed E-state index contributed by atoms with van der Waals surface area (Å²) in [5, 5.41) is 0. The minimum Gasteiger partial charge on any atom is -0.494 e. The highest BCUT2D eigenvalue weighted by Crippen LogP contribution is 2.15. The van der Waals surface area contributed by atoms with Crippen molar-refractivity contribution in [2.45, 2.75) is 64.2 Å². The lowest BCUT2D eigenvalue weighted by Crippen LogP contribution is -2.01. The lowest BCUT2D eigenvalue weighted by molar-refractivity contribution is -0.138. The molecular formula is C25H36O5.